The molecule has 1 amide bonds. The van der Waals surface area contributed by atoms with Gasteiger partial charge >= 0.3 is 5.97 Å². The number of carboxylic acid groups (broad SMARTS) is 1. The summed E-state index contributed by atoms with van der Waals surface area (Å²) in [5, 5.41) is 11.2. The van der Waals surface area contributed by atoms with Crippen molar-refractivity contribution in [3.05, 3.63) is 0 Å². The van der Waals surface area contributed by atoms with Crippen LogP contribution in [0.1, 0.15) is 52.4 Å². The monoisotopic (exact) mass is 229 g/mol. The number of hydrogen-bond acceptors (Lipinski definition) is 2. The second kappa shape index (κ2) is 9.19. The molecule has 0 fully saturated rings. The number of hydrogen-bond donors (Lipinski definition) is 2. The molecule has 4 nitrogen and oxygen atoms in total. The highest BCUT2D eigenvalue weighted by atomic mass is 16.4. The van der Waals surface area contributed by atoms with Gasteiger partial charge in [-0.2, -0.15) is 0 Å². The van der Waals surface area contributed by atoms with Crippen molar-refractivity contribution in [1.82, 2.24) is 5.32 Å². The summed E-state index contributed by atoms with van der Waals surface area (Å²) < 4.78 is 0. The van der Waals surface area contributed by atoms with E-state index in [9.17, 15) is 9.59 Å². The molecule has 0 heterocycles. The van der Waals surface area contributed by atoms with Crippen LogP contribution in [0.5, 0.6) is 0 Å². The van der Waals surface area contributed by atoms with Gasteiger partial charge in [0.2, 0.25) is 5.91 Å². The summed E-state index contributed by atoms with van der Waals surface area (Å²) in [6.07, 6.45) is 4.54. The number of aliphatic carboxylic acids is 1. The zero-order valence-electron chi connectivity index (χ0n) is 10.3. The Morgan fingerprint density at radius 1 is 1.25 bits per heavy atom. The van der Waals surface area contributed by atoms with E-state index in [1.165, 1.54) is 12.8 Å². The molecule has 1 atom stereocenters. The van der Waals surface area contributed by atoms with Crippen molar-refractivity contribution in [2.24, 2.45) is 5.92 Å². The lowest BCUT2D eigenvalue weighted by atomic mass is 9.99. The van der Waals surface area contributed by atoms with E-state index in [-0.39, 0.29) is 18.7 Å². The Morgan fingerprint density at radius 2 is 1.94 bits per heavy atom. The third-order valence-corrected chi connectivity index (χ3v) is 2.70. The van der Waals surface area contributed by atoms with Crippen LogP contribution in [0.3, 0.4) is 0 Å². The number of carbonyl (C=O) groups is 2. The van der Waals surface area contributed by atoms with Crippen molar-refractivity contribution in [3.8, 4) is 0 Å². The zero-order valence-corrected chi connectivity index (χ0v) is 10.3. The van der Waals surface area contributed by atoms with Gasteiger partial charge in [0, 0.05) is 13.0 Å². The first kappa shape index (κ1) is 14.9. The number of rotatable bonds is 9. The molecule has 0 aliphatic carbocycles. The molecule has 0 unspecified atom stereocenters. The first-order valence-electron chi connectivity index (χ1n) is 6.08. The Balaban J connectivity index is 3.66. The standard InChI is InChI=1S/C12H23NO3/c1-3-5-6-10(4-2)9-13-11(14)7-8-12(15)16/h10H,3-9H2,1-2H3,(H,13,14)(H,15,16)/t10-/m1/s1. The topological polar surface area (TPSA) is 66.4 Å². The van der Waals surface area contributed by atoms with Crippen LogP contribution >= 0.6 is 0 Å². The lowest BCUT2D eigenvalue weighted by molar-refractivity contribution is -0.138. The molecule has 0 saturated carbocycles. The minimum Gasteiger partial charge on any atom is -0.481 e. The van der Waals surface area contributed by atoms with E-state index in [2.05, 4.69) is 19.2 Å². The van der Waals surface area contributed by atoms with Crippen LogP contribution in [-0.4, -0.2) is 23.5 Å². The lowest BCUT2D eigenvalue weighted by Crippen LogP contribution is -2.29. The van der Waals surface area contributed by atoms with E-state index in [1.807, 2.05) is 0 Å². The van der Waals surface area contributed by atoms with E-state index in [0.29, 0.717) is 12.5 Å². The van der Waals surface area contributed by atoms with Gasteiger partial charge in [0.05, 0.1) is 6.42 Å². The average Bonchev–Trinajstić information content (AvgIpc) is 2.26. The van der Waals surface area contributed by atoms with Crippen molar-refractivity contribution >= 4 is 11.9 Å². The summed E-state index contributed by atoms with van der Waals surface area (Å²) in [6.45, 7) is 4.94. The first-order valence-corrected chi connectivity index (χ1v) is 6.08. The first-order chi connectivity index (χ1) is 7.60. The van der Waals surface area contributed by atoms with Gasteiger partial charge < -0.3 is 10.4 Å². The summed E-state index contributed by atoms with van der Waals surface area (Å²) >= 11 is 0. The van der Waals surface area contributed by atoms with E-state index in [4.69, 9.17) is 5.11 Å². The molecular weight excluding hydrogens is 206 g/mol. The minimum atomic E-state index is -0.923. The second-order valence-corrected chi connectivity index (χ2v) is 4.11. The van der Waals surface area contributed by atoms with Crippen LogP contribution in [0.2, 0.25) is 0 Å². The third kappa shape index (κ3) is 8.26. The van der Waals surface area contributed by atoms with Crippen molar-refractivity contribution in [3.63, 3.8) is 0 Å². The van der Waals surface area contributed by atoms with Crippen molar-refractivity contribution < 1.29 is 14.7 Å². The highest BCUT2D eigenvalue weighted by molar-refractivity contribution is 5.80. The molecular formula is C12H23NO3. The normalized spacial score (nSPS) is 12.1. The SMILES string of the molecule is CCCC[C@@H](CC)CNC(=O)CCC(=O)O. The average molecular weight is 229 g/mol. The maximum Gasteiger partial charge on any atom is 0.303 e. The summed E-state index contributed by atoms with van der Waals surface area (Å²) in [7, 11) is 0. The zero-order chi connectivity index (χ0) is 12.4. The predicted molar refractivity (Wildman–Crippen MR) is 63.2 cm³/mol. The fourth-order valence-corrected chi connectivity index (χ4v) is 1.51. The Morgan fingerprint density at radius 3 is 2.44 bits per heavy atom. The number of nitrogens with one attached hydrogen (secondary N) is 1. The maximum absolute atomic E-state index is 11.3. The quantitative estimate of drug-likeness (QED) is 0.637. The molecule has 0 rings (SSSR count). The molecule has 16 heavy (non-hydrogen) atoms. The van der Waals surface area contributed by atoms with Gasteiger partial charge in [0.25, 0.3) is 0 Å². The van der Waals surface area contributed by atoms with Crippen LogP contribution in [0, 0.1) is 5.92 Å². The summed E-state index contributed by atoms with van der Waals surface area (Å²) in [5.74, 6) is -0.556. The maximum atomic E-state index is 11.3. The van der Waals surface area contributed by atoms with E-state index < -0.39 is 5.97 Å². The van der Waals surface area contributed by atoms with Crippen LogP contribution in [0.15, 0.2) is 0 Å². The highest BCUT2D eigenvalue weighted by Crippen LogP contribution is 2.11. The lowest BCUT2D eigenvalue weighted by Gasteiger charge is -2.14. The number of unbranched alkanes of at least 4 members (excludes halogenated alkanes) is 1. The van der Waals surface area contributed by atoms with E-state index in [0.717, 1.165) is 12.8 Å². The molecule has 0 radical (unpaired) electrons. The van der Waals surface area contributed by atoms with Gasteiger partial charge in [-0.25, -0.2) is 0 Å². The van der Waals surface area contributed by atoms with Crippen molar-refractivity contribution in [1.29, 1.82) is 0 Å². The number of carboxylic acids is 1. The number of carbonyl (C=O) groups excluding carboxylic acids is 1. The van der Waals surface area contributed by atoms with Crippen LogP contribution in [0.25, 0.3) is 0 Å². The molecule has 0 aromatic carbocycles. The molecule has 2 N–H and O–H groups in total. The fourth-order valence-electron chi connectivity index (χ4n) is 1.51. The van der Waals surface area contributed by atoms with Gasteiger partial charge in [0.15, 0.2) is 0 Å². The highest BCUT2D eigenvalue weighted by Gasteiger charge is 2.09. The Bertz CT molecular complexity index is 216. The third-order valence-electron chi connectivity index (χ3n) is 2.70. The molecule has 0 aliphatic rings. The van der Waals surface area contributed by atoms with Crippen LogP contribution in [-0.2, 0) is 9.59 Å². The molecule has 0 spiro atoms. The van der Waals surface area contributed by atoms with Crippen molar-refractivity contribution in [2.45, 2.75) is 52.4 Å². The van der Waals surface area contributed by atoms with E-state index >= 15 is 0 Å². The molecule has 0 saturated heterocycles. The molecule has 0 aromatic rings. The number of amides is 1. The Kier molecular flexibility index (Phi) is 8.58. The Labute approximate surface area is 97.4 Å². The van der Waals surface area contributed by atoms with Gasteiger partial charge in [-0.3, -0.25) is 9.59 Å². The second-order valence-electron chi connectivity index (χ2n) is 4.11. The fraction of sp³-hybridized carbons (Fsp3) is 0.833. The van der Waals surface area contributed by atoms with Crippen molar-refractivity contribution in [2.75, 3.05) is 6.54 Å². The molecule has 4 heteroatoms. The molecule has 0 aromatic heterocycles. The minimum absolute atomic E-state index is 0.0829. The summed E-state index contributed by atoms with van der Waals surface area (Å²) in [6, 6.07) is 0. The van der Waals surface area contributed by atoms with Gasteiger partial charge in [-0.15, -0.1) is 0 Å². The van der Waals surface area contributed by atoms with E-state index in [1.54, 1.807) is 0 Å². The Hall–Kier alpha value is -1.06. The van der Waals surface area contributed by atoms with Gasteiger partial charge in [0.1, 0.15) is 0 Å². The van der Waals surface area contributed by atoms with Crippen LogP contribution < -0.4 is 5.32 Å². The predicted octanol–water partition coefficient (Wildman–Crippen LogP) is 2.18. The molecule has 94 valence electrons. The van der Waals surface area contributed by atoms with Crippen LogP contribution in [0.4, 0.5) is 0 Å². The summed E-state index contributed by atoms with van der Waals surface area (Å²) in [4.78, 5) is 21.5. The largest absolute Gasteiger partial charge is 0.481 e. The van der Waals surface area contributed by atoms with Gasteiger partial charge in [-0.05, 0) is 12.3 Å². The van der Waals surface area contributed by atoms with Gasteiger partial charge in [-0.1, -0.05) is 33.1 Å². The summed E-state index contributed by atoms with van der Waals surface area (Å²) in [5.41, 5.74) is 0. The molecule has 0 aliphatic heterocycles. The molecule has 0 bridgehead atoms. The smallest absolute Gasteiger partial charge is 0.303 e.